The van der Waals surface area contributed by atoms with Crippen molar-refractivity contribution in [3.05, 3.63) is 64.1 Å². The Morgan fingerprint density at radius 1 is 1.30 bits per heavy atom. The SMILES string of the molecule is COC(=O)C[C@](N[S+]([O-])C(C)(C)C)(c1ccc(Br)cc1)c1ncccc1F. The minimum Gasteiger partial charge on any atom is -0.598 e. The maximum absolute atomic E-state index is 14.8. The first-order valence-electron chi connectivity index (χ1n) is 8.23. The fourth-order valence-electron chi connectivity index (χ4n) is 2.50. The highest BCUT2D eigenvalue weighted by atomic mass is 79.9. The Labute approximate surface area is 170 Å². The molecular formula is C19H22BrFN2O3S. The third kappa shape index (κ3) is 5.07. The molecule has 2 atom stereocenters. The van der Waals surface area contributed by atoms with Crippen molar-refractivity contribution in [2.45, 2.75) is 37.5 Å². The van der Waals surface area contributed by atoms with E-state index in [0.29, 0.717) is 5.56 Å². The van der Waals surface area contributed by atoms with Crippen molar-refractivity contribution < 1.29 is 18.5 Å². The Morgan fingerprint density at radius 3 is 2.44 bits per heavy atom. The molecule has 1 unspecified atom stereocenters. The molecule has 0 fully saturated rings. The van der Waals surface area contributed by atoms with E-state index in [2.05, 4.69) is 25.6 Å². The Hall–Kier alpha value is -1.48. The molecule has 5 nitrogen and oxygen atoms in total. The van der Waals surface area contributed by atoms with Crippen molar-refractivity contribution >= 4 is 33.3 Å². The molecular weight excluding hydrogens is 435 g/mol. The van der Waals surface area contributed by atoms with Gasteiger partial charge in [0.15, 0.2) is 0 Å². The number of ether oxygens (including phenoxy) is 1. The number of hydrogen-bond donors (Lipinski definition) is 1. The fraction of sp³-hybridized carbons (Fsp3) is 0.368. The number of methoxy groups -OCH3 is 1. The molecule has 8 heteroatoms. The molecule has 0 aliphatic carbocycles. The molecule has 0 amide bonds. The molecule has 1 heterocycles. The summed E-state index contributed by atoms with van der Waals surface area (Å²) in [6.07, 6.45) is 1.16. The summed E-state index contributed by atoms with van der Waals surface area (Å²) in [7, 11) is 1.25. The monoisotopic (exact) mass is 456 g/mol. The average molecular weight is 457 g/mol. The number of hydrogen-bond acceptors (Lipinski definition) is 5. The van der Waals surface area contributed by atoms with Crippen molar-refractivity contribution in [2.75, 3.05) is 7.11 Å². The van der Waals surface area contributed by atoms with Gasteiger partial charge in [-0.1, -0.05) is 28.1 Å². The van der Waals surface area contributed by atoms with E-state index in [9.17, 15) is 13.7 Å². The number of rotatable bonds is 6. The van der Waals surface area contributed by atoms with Gasteiger partial charge in [0.1, 0.15) is 21.8 Å². The largest absolute Gasteiger partial charge is 0.598 e. The average Bonchev–Trinajstić information content (AvgIpc) is 2.61. The number of carbonyl (C=O) groups excluding carboxylic acids is 1. The maximum atomic E-state index is 14.8. The first-order chi connectivity index (χ1) is 12.6. The molecule has 1 N–H and O–H groups in total. The van der Waals surface area contributed by atoms with Crippen molar-refractivity contribution in [3.63, 3.8) is 0 Å². The molecule has 0 radical (unpaired) electrons. The highest BCUT2D eigenvalue weighted by Gasteiger charge is 2.46. The molecule has 0 bridgehead atoms. The molecule has 0 aliphatic heterocycles. The van der Waals surface area contributed by atoms with Crippen molar-refractivity contribution in [3.8, 4) is 0 Å². The van der Waals surface area contributed by atoms with Gasteiger partial charge in [0.25, 0.3) is 0 Å². The number of esters is 1. The first-order valence-corrected chi connectivity index (χ1v) is 10.2. The van der Waals surface area contributed by atoms with Crippen LogP contribution in [0.2, 0.25) is 0 Å². The molecule has 0 spiro atoms. The summed E-state index contributed by atoms with van der Waals surface area (Å²) in [5, 5.41) is 0. The van der Waals surface area contributed by atoms with Crippen LogP contribution in [0, 0.1) is 5.82 Å². The number of nitrogens with one attached hydrogen (secondary N) is 1. The Morgan fingerprint density at radius 2 is 1.93 bits per heavy atom. The van der Waals surface area contributed by atoms with Crippen molar-refractivity contribution in [1.29, 1.82) is 0 Å². The van der Waals surface area contributed by atoms with Crippen LogP contribution in [0.15, 0.2) is 47.1 Å². The van der Waals surface area contributed by atoms with Crippen LogP contribution in [-0.4, -0.2) is 27.4 Å². The molecule has 27 heavy (non-hydrogen) atoms. The van der Waals surface area contributed by atoms with Crippen molar-refractivity contribution in [1.82, 2.24) is 9.71 Å². The van der Waals surface area contributed by atoms with Gasteiger partial charge >= 0.3 is 5.97 Å². The van der Waals surface area contributed by atoms with Crippen LogP contribution in [-0.2, 0) is 26.4 Å². The molecule has 0 saturated carbocycles. The smallest absolute Gasteiger partial charge is 0.308 e. The van der Waals surface area contributed by atoms with Crippen LogP contribution in [0.5, 0.6) is 0 Å². The Balaban J connectivity index is 2.73. The number of carbonyl (C=O) groups is 1. The lowest BCUT2D eigenvalue weighted by Gasteiger charge is -2.37. The third-order valence-electron chi connectivity index (χ3n) is 3.96. The number of nitrogens with zero attached hydrogens (tertiary/aromatic N) is 1. The lowest BCUT2D eigenvalue weighted by atomic mass is 9.83. The van der Waals surface area contributed by atoms with E-state index in [4.69, 9.17) is 4.74 Å². The molecule has 0 saturated heterocycles. The zero-order chi connectivity index (χ0) is 20.2. The normalized spacial score (nSPS) is 15.1. The van der Waals surface area contributed by atoms with Crippen LogP contribution in [0.3, 0.4) is 0 Å². The number of halogens is 2. The summed E-state index contributed by atoms with van der Waals surface area (Å²) >= 11 is 1.75. The number of benzene rings is 1. The summed E-state index contributed by atoms with van der Waals surface area (Å²) in [5.41, 5.74) is -0.932. The van der Waals surface area contributed by atoms with E-state index in [-0.39, 0.29) is 12.1 Å². The predicted molar refractivity (Wildman–Crippen MR) is 107 cm³/mol. The van der Waals surface area contributed by atoms with E-state index in [1.165, 1.54) is 25.4 Å². The second-order valence-electron chi connectivity index (χ2n) is 6.98. The zero-order valence-electron chi connectivity index (χ0n) is 15.6. The van der Waals surface area contributed by atoms with Gasteiger partial charge in [0.2, 0.25) is 0 Å². The highest BCUT2D eigenvalue weighted by Crippen LogP contribution is 2.36. The Bertz CT molecular complexity index is 798. The fourth-order valence-corrected chi connectivity index (χ4v) is 3.67. The summed E-state index contributed by atoms with van der Waals surface area (Å²) in [5.74, 6) is -1.19. The summed E-state index contributed by atoms with van der Waals surface area (Å²) in [6.45, 7) is 5.36. The Kier molecular flexibility index (Phi) is 7.02. The molecule has 1 aromatic carbocycles. The lowest BCUT2D eigenvalue weighted by molar-refractivity contribution is -0.142. The standard InChI is InChI=1S/C19H22BrFN2O3S/c1-18(2,3)27(25)23-19(12-16(24)26-4,13-7-9-14(20)10-8-13)17-15(21)6-5-11-22-17/h5-11,23H,12H2,1-4H3/t19-,27?/m0/s1. The minimum absolute atomic E-state index is 0.0182. The molecule has 1 aromatic heterocycles. The minimum atomic E-state index is -1.62. The van der Waals surface area contributed by atoms with E-state index in [0.717, 1.165) is 4.47 Å². The second kappa shape index (κ2) is 8.68. The molecule has 146 valence electrons. The zero-order valence-corrected chi connectivity index (χ0v) is 18.0. The van der Waals surface area contributed by atoms with Gasteiger partial charge in [0.05, 0.1) is 13.5 Å². The van der Waals surface area contributed by atoms with Gasteiger partial charge in [-0.25, -0.2) is 4.39 Å². The van der Waals surface area contributed by atoms with E-state index < -0.39 is 33.4 Å². The van der Waals surface area contributed by atoms with Crippen LogP contribution < -0.4 is 4.72 Å². The maximum Gasteiger partial charge on any atom is 0.308 e. The van der Waals surface area contributed by atoms with E-state index in [1.54, 1.807) is 45.0 Å². The quantitative estimate of drug-likeness (QED) is 0.527. The van der Waals surface area contributed by atoms with Gasteiger partial charge in [-0.05, 0) is 50.6 Å². The van der Waals surface area contributed by atoms with Gasteiger partial charge < -0.3 is 9.29 Å². The topological polar surface area (TPSA) is 74.3 Å². The van der Waals surface area contributed by atoms with Gasteiger partial charge in [-0.3, -0.25) is 9.78 Å². The van der Waals surface area contributed by atoms with Gasteiger partial charge in [0, 0.05) is 22.0 Å². The van der Waals surface area contributed by atoms with Gasteiger partial charge in [-0.15, -0.1) is 4.72 Å². The van der Waals surface area contributed by atoms with Gasteiger partial charge in [-0.2, -0.15) is 0 Å². The molecule has 0 aliphatic rings. The van der Waals surface area contributed by atoms with Crippen LogP contribution in [0.25, 0.3) is 0 Å². The van der Waals surface area contributed by atoms with Crippen molar-refractivity contribution in [2.24, 2.45) is 0 Å². The third-order valence-corrected chi connectivity index (χ3v) is 6.13. The van der Waals surface area contributed by atoms with Crippen LogP contribution in [0.1, 0.15) is 38.4 Å². The second-order valence-corrected chi connectivity index (χ2v) is 9.86. The number of aromatic nitrogens is 1. The lowest BCUT2D eigenvalue weighted by Crippen LogP contribution is -2.54. The molecule has 2 rings (SSSR count). The van der Waals surface area contributed by atoms with Crippen LogP contribution in [0.4, 0.5) is 4.39 Å². The molecule has 2 aromatic rings. The summed E-state index contributed by atoms with van der Waals surface area (Å²) < 4.78 is 35.7. The number of pyridine rings is 1. The van der Waals surface area contributed by atoms with E-state index in [1.807, 2.05) is 0 Å². The summed E-state index contributed by atoms with van der Waals surface area (Å²) in [4.78, 5) is 16.4. The van der Waals surface area contributed by atoms with E-state index >= 15 is 0 Å². The predicted octanol–water partition coefficient (Wildman–Crippen LogP) is 3.84. The highest BCUT2D eigenvalue weighted by molar-refractivity contribution is 9.10. The first kappa shape index (κ1) is 21.8. The van der Waals surface area contributed by atoms with Crippen LogP contribution >= 0.6 is 15.9 Å². The summed E-state index contributed by atoms with van der Waals surface area (Å²) in [6, 6.07) is 9.72.